The molecule has 0 spiro atoms. The molecule has 3 aromatic rings. The van der Waals surface area contributed by atoms with Gasteiger partial charge >= 0.3 is 5.97 Å². The van der Waals surface area contributed by atoms with Crippen LogP contribution in [0.25, 0.3) is 0 Å². The second-order valence-electron chi connectivity index (χ2n) is 6.90. The van der Waals surface area contributed by atoms with Gasteiger partial charge in [-0.05, 0) is 54.4 Å². The number of aliphatic carboxylic acids is 1. The van der Waals surface area contributed by atoms with Crippen LogP contribution in [0, 0.1) is 5.82 Å². The molecule has 0 aliphatic rings. The zero-order valence-electron chi connectivity index (χ0n) is 16.6. The summed E-state index contributed by atoms with van der Waals surface area (Å²) in [5.41, 5.74) is 1.72. The Morgan fingerprint density at radius 2 is 1.65 bits per heavy atom. The van der Waals surface area contributed by atoms with Crippen molar-refractivity contribution < 1.29 is 23.8 Å². The van der Waals surface area contributed by atoms with E-state index < -0.39 is 18.4 Å². The fourth-order valence-electron chi connectivity index (χ4n) is 2.98. The van der Waals surface area contributed by atoms with E-state index in [1.54, 1.807) is 54.6 Å². The van der Waals surface area contributed by atoms with Crippen molar-refractivity contribution in [3.63, 3.8) is 0 Å². The van der Waals surface area contributed by atoms with Crippen molar-refractivity contribution in [3.05, 3.63) is 100 Å². The molecule has 0 heterocycles. The predicted molar refractivity (Wildman–Crippen MR) is 116 cm³/mol. The lowest BCUT2D eigenvalue weighted by atomic mass is 10.1. The molecule has 0 aliphatic carbocycles. The van der Waals surface area contributed by atoms with Gasteiger partial charge in [0.1, 0.15) is 24.7 Å². The van der Waals surface area contributed by atoms with E-state index >= 15 is 0 Å². The maximum Gasteiger partial charge on any atom is 0.323 e. The lowest BCUT2D eigenvalue weighted by Gasteiger charge is -2.21. The summed E-state index contributed by atoms with van der Waals surface area (Å²) in [7, 11) is 0. The van der Waals surface area contributed by atoms with E-state index in [0.29, 0.717) is 28.3 Å². The molecule has 0 saturated heterocycles. The van der Waals surface area contributed by atoms with E-state index in [1.165, 1.54) is 11.0 Å². The first kappa shape index (κ1) is 22.3. The molecule has 160 valence electrons. The van der Waals surface area contributed by atoms with Crippen LogP contribution in [0.4, 0.5) is 4.39 Å². The Morgan fingerprint density at radius 1 is 0.968 bits per heavy atom. The quantitative estimate of drug-likeness (QED) is 0.516. The third-order valence-electron chi connectivity index (χ3n) is 4.65. The summed E-state index contributed by atoms with van der Waals surface area (Å²) < 4.78 is 19.3. The minimum Gasteiger partial charge on any atom is -0.489 e. The van der Waals surface area contributed by atoms with Crippen LogP contribution in [0.5, 0.6) is 5.75 Å². The monoisotopic (exact) mass is 441 g/mol. The molecule has 0 radical (unpaired) electrons. The summed E-state index contributed by atoms with van der Waals surface area (Å²) in [5.74, 6) is -1.35. The van der Waals surface area contributed by atoms with Crippen LogP contribution >= 0.6 is 11.6 Å². The predicted octanol–water partition coefficient (Wildman–Crippen LogP) is 4.83. The third kappa shape index (κ3) is 6.55. The highest BCUT2D eigenvalue weighted by atomic mass is 35.5. The molecule has 3 rings (SSSR count). The molecule has 0 atom stereocenters. The van der Waals surface area contributed by atoms with E-state index in [9.17, 15) is 19.1 Å². The Hall–Kier alpha value is -3.38. The largest absolute Gasteiger partial charge is 0.489 e. The zero-order chi connectivity index (χ0) is 22.2. The van der Waals surface area contributed by atoms with Crippen molar-refractivity contribution in [2.75, 3.05) is 13.1 Å². The number of ether oxygens (including phenoxy) is 1. The molecular weight excluding hydrogens is 421 g/mol. The fraction of sp³-hybridized carbons (Fsp3) is 0.167. The first-order valence-electron chi connectivity index (χ1n) is 9.64. The number of rotatable bonds is 9. The summed E-state index contributed by atoms with van der Waals surface area (Å²) in [6.07, 6.45) is 0.500. The molecule has 3 aromatic carbocycles. The molecule has 0 fully saturated rings. The molecular formula is C24H21ClFNO4. The maximum absolute atomic E-state index is 13.7. The van der Waals surface area contributed by atoms with Gasteiger partial charge in [0.05, 0.1) is 0 Å². The van der Waals surface area contributed by atoms with Gasteiger partial charge in [0.25, 0.3) is 5.91 Å². The lowest BCUT2D eigenvalue weighted by molar-refractivity contribution is -0.137. The number of carbonyl (C=O) groups is 2. The third-order valence-corrected chi connectivity index (χ3v) is 4.90. The van der Waals surface area contributed by atoms with E-state index in [4.69, 9.17) is 16.3 Å². The van der Waals surface area contributed by atoms with Gasteiger partial charge in [-0.2, -0.15) is 0 Å². The zero-order valence-corrected chi connectivity index (χ0v) is 17.4. The van der Waals surface area contributed by atoms with Crippen LogP contribution in [0.1, 0.15) is 21.5 Å². The summed E-state index contributed by atoms with van der Waals surface area (Å²) in [6, 6.07) is 19.9. The van der Waals surface area contributed by atoms with Gasteiger partial charge in [-0.3, -0.25) is 9.59 Å². The van der Waals surface area contributed by atoms with Crippen LogP contribution in [0.3, 0.4) is 0 Å². The summed E-state index contributed by atoms with van der Waals surface area (Å²) in [4.78, 5) is 25.4. The number of nitrogens with zero attached hydrogens (tertiary/aromatic N) is 1. The van der Waals surface area contributed by atoms with Crippen LogP contribution in [0.2, 0.25) is 5.02 Å². The number of amides is 1. The number of halogens is 2. The van der Waals surface area contributed by atoms with Crippen molar-refractivity contribution >= 4 is 23.5 Å². The molecule has 31 heavy (non-hydrogen) atoms. The van der Waals surface area contributed by atoms with Gasteiger partial charge in [0.2, 0.25) is 0 Å². The van der Waals surface area contributed by atoms with Crippen molar-refractivity contribution in [2.45, 2.75) is 13.0 Å². The lowest BCUT2D eigenvalue weighted by Crippen LogP contribution is -2.37. The Morgan fingerprint density at radius 3 is 2.29 bits per heavy atom. The Bertz CT molecular complexity index is 1040. The molecule has 7 heteroatoms. The minimum absolute atomic E-state index is 0.0617. The number of benzene rings is 3. The van der Waals surface area contributed by atoms with Crippen molar-refractivity contribution in [1.82, 2.24) is 4.90 Å². The Labute approximate surface area is 184 Å². The van der Waals surface area contributed by atoms with Gasteiger partial charge in [0.15, 0.2) is 0 Å². The standard InChI is InChI=1S/C24H21ClFNO4/c25-20-9-5-17(6-10-20)13-14-27(15-23(28)29)24(30)18-7-11-21(12-8-18)31-16-19-3-1-2-4-22(19)26/h1-12H,13-16H2,(H,28,29). The van der Waals surface area contributed by atoms with E-state index in [1.807, 2.05) is 12.1 Å². The van der Waals surface area contributed by atoms with Gasteiger partial charge in [-0.1, -0.05) is 41.9 Å². The van der Waals surface area contributed by atoms with Gasteiger partial charge in [-0.25, -0.2) is 4.39 Å². The van der Waals surface area contributed by atoms with Crippen molar-refractivity contribution in [2.24, 2.45) is 0 Å². The fourth-order valence-corrected chi connectivity index (χ4v) is 3.11. The number of carboxylic acid groups (broad SMARTS) is 1. The number of hydrogen-bond acceptors (Lipinski definition) is 3. The molecule has 1 amide bonds. The summed E-state index contributed by atoms with van der Waals surface area (Å²) >= 11 is 5.88. The Kier molecular flexibility index (Phi) is 7.62. The normalized spacial score (nSPS) is 10.5. The van der Waals surface area contributed by atoms with Gasteiger partial charge in [0, 0.05) is 22.7 Å². The molecule has 0 aromatic heterocycles. The second-order valence-corrected chi connectivity index (χ2v) is 7.34. The van der Waals surface area contributed by atoms with E-state index in [-0.39, 0.29) is 19.0 Å². The molecule has 0 saturated carbocycles. The highest BCUT2D eigenvalue weighted by Crippen LogP contribution is 2.17. The first-order chi connectivity index (χ1) is 14.9. The summed E-state index contributed by atoms with van der Waals surface area (Å²) in [5, 5.41) is 9.81. The second kappa shape index (κ2) is 10.6. The average molecular weight is 442 g/mol. The van der Waals surface area contributed by atoms with Crippen molar-refractivity contribution in [1.29, 1.82) is 0 Å². The van der Waals surface area contributed by atoms with E-state index in [2.05, 4.69) is 0 Å². The number of hydrogen-bond donors (Lipinski definition) is 1. The number of carbonyl (C=O) groups excluding carboxylic acids is 1. The SMILES string of the molecule is O=C(O)CN(CCc1ccc(Cl)cc1)C(=O)c1ccc(OCc2ccccc2F)cc1. The molecule has 0 unspecified atom stereocenters. The number of carboxylic acids is 1. The average Bonchev–Trinajstić information content (AvgIpc) is 2.77. The molecule has 5 nitrogen and oxygen atoms in total. The molecule has 0 aliphatic heterocycles. The first-order valence-corrected chi connectivity index (χ1v) is 10.0. The van der Waals surface area contributed by atoms with Crippen molar-refractivity contribution in [3.8, 4) is 5.75 Å². The molecule has 0 bridgehead atoms. The minimum atomic E-state index is -1.09. The summed E-state index contributed by atoms with van der Waals surface area (Å²) in [6.45, 7) is -0.0948. The smallest absolute Gasteiger partial charge is 0.323 e. The van der Waals surface area contributed by atoms with Gasteiger partial charge < -0.3 is 14.7 Å². The highest BCUT2D eigenvalue weighted by molar-refractivity contribution is 6.30. The highest BCUT2D eigenvalue weighted by Gasteiger charge is 2.18. The van der Waals surface area contributed by atoms with Crippen LogP contribution in [-0.2, 0) is 17.8 Å². The topological polar surface area (TPSA) is 66.8 Å². The maximum atomic E-state index is 13.7. The van der Waals surface area contributed by atoms with E-state index in [0.717, 1.165) is 5.56 Å². The van der Waals surface area contributed by atoms with Crippen LogP contribution in [-0.4, -0.2) is 35.0 Å². The molecule has 1 N–H and O–H groups in total. The Balaban J connectivity index is 1.63. The van der Waals surface area contributed by atoms with Gasteiger partial charge in [-0.15, -0.1) is 0 Å². The van der Waals surface area contributed by atoms with Crippen LogP contribution in [0.15, 0.2) is 72.8 Å². The van der Waals surface area contributed by atoms with Crippen LogP contribution < -0.4 is 4.74 Å².